The van der Waals surface area contributed by atoms with E-state index in [1.54, 1.807) is 38.1 Å². The summed E-state index contributed by atoms with van der Waals surface area (Å²) >= 11 is 0. The molecule has 3 rings (SSSR count). The number of fused-ring (bicyclic) bond motifs is 1. The molecule has 10 heteroatoms. The first-order valence-electron chi connectivity index (χ1n) is 10.6. The first-order chi connectivity index (χ1) is 15.9. The third-order valence-electron chi connectivity index (χ3n) is 5.17. The molecule has 1 heterocycles. The summed E-state index contributed by atoms with van der Waals surface area (Å²) in [5.74, 6) is -2.53. The Labute approximate surface area is 196 Å². The van der Waals surface area contributed by atoms with Crippen LogP contribution < -0.4 is 20.9 Å². The Hall–Kier alpha value is -4.21. The summed E-state index contributed by atoms with van der Waals surface area (Å²) in [6, 6.07) is 11.1. The zero-order valence-electron chi connectivity index (χ0n) is 19.5. The molecule has 1 aliphatic rings. The van der Waals surface area contributed by atoms with Crippen LogP contribution in [0.15, 0.2) is 42.5 Å². The Balaban J connectivity index is 1.88. The highest BCUT2D eigenvalue weighted by Gasteiger charge is 2.45. The average Bonchev–Trinajstić information content (AvgIpc) is 2.72. The van der Waals surface area contributed by atoms with E-state index < -0.39 is 23.5 Å². The molecule has 0 bridgehead atoms. The van der Waals surface area contributed by atoms with Gasteiger partial charge in [0.05, 0.1) is 16.9 Å². The maximum atomic E-state index is 13.4. The molecular formula is C24H26N4O6. The number of benzene rings is 2. The highest BCUT2D eigenvalue weighted by Crippen LogP contribution is 2.37. The summed E-state index contributed by atoms with van der Waals surface area (Å²) in [6.07, 6.45) is -1.24. The van der Waals surface area contributed by atoms with E-state index in [1.165, 1.54) is 43.9 Å². The molecule has 0 radical (unpaired) electrons. The van der Waals surface area contributed by atoms with E-state index in [4.69, 9.17) is 4.74 Å². The first-order valence-corrected chi connectivity index (χ1v) is 10.6. The van der Waals surface area contributed by atoms with Gasteiger partial charge in [-0.2, -0.15) is 0 Å². The normalized spacial score (nSPS) is 14.9. The van der Waals surface area contributed by atoms with Crippen molar-refractivity contribution in [2.24, 2.45) is 0 Å². The maximum absolute atomic E-state index is 13.4. The van der Waals surface area contributed by atoms with Crippen LogP contribution in [0, 0.1) is 0 Å². The van der Waals surface area contributed by atoms with E-state index in [9.17, 15) is 24.0 Å². The summed E-state index contributed by atoms with van der Waals surface area (Å²) in [4.78, 5) is 63.1. The van der Waals surface area contributed by atoms with Gasteiger partial charge in [0.1, 0.15) is 5.54 Å². The zero-order valence-corrected chi connectivity index (χ0v) is 19.5. The van der Waals surface area contributed by atoms with Gasteiger partial charge in [0.25, 0.3) is 5.91 Å². The van der Waals surface area contributed by atoms with Crippen LogP contribution in [-0.4, -0.2) is 41.2 Å². The Bertz CT molecular complexity index is 1160. The Kier molecular flexibility index (Phi) is 6.71. The molecule has 0 spiro atoms. The fraction of sp³-hybridized carbons (Fsp3) is 0.292. The number of para-hydroxylation sites is 2. The zero-order chi connectivity index (χ0) is 25.2. The SMILES string of the molecule is CC(=O)Nc1cc(NC(C)=O)cc(C(=O)O[C@H](C)C(=O)N2c3ccccc3NC(=O)C2(C)C)c1. The van der Waals surface area contributed by atoms with Crippen LogP contribution in [0.3, 0.4) is 0 Å². The largest absolute Gasteiger partial charge is 0.449 e. The number of rotatable bonds is 5. The van der Waals surface area contributed by atoms with Gasteiger partial charge in [-0.05, 0) is 51.1 Å². The molecular weight excluding hydrogens is 440 g/mol. The minimum atomic E-state index is -1.24. The lowest BCUT2D eigenvalue weighted by Gasteiger charge is -2.42. The predicted molar refractivity (Wildman–Crippen MR) is 127 cm³/mol. The quantitative estimate of drug-likeness (QED) is 0.580. The molecule has 0 unspecified atom stereocenters. The van der Waals surface area contributed by atoms with Crippen molar-refractivity contribution in [3.8, 4) is 0 Å². The molecule has 0 saturated carbocycles. The van der Waals surface area contributed by atoms with Gasteiger partial charge in [0.2, 0.25) is 17.7 Å². The number of esters is 1. The van der Waals surface area contributed by atoms with E-state index in [0.29, 0.717) is 11.4 Å². The lowest BCUT2D eigenvalue weighted by Crippen LogP contribution is -2.60. The smallest absolute Gasteiger partial charge is 0.339 e. The monoisotopic (exact) mass is 466 g/mol. The van der Waals surface area contributed by atoms with Crippen molar-refractivity contribution in [3.63, 3.8) is 0 Å². The van der Waals surface area contributed by atoms with E-state index in [0.717, 1.165) is 0 Å². The summed E-state index contributed by atoms with van der Waals surface area (Å²) in [7, 11) is 0. The molecule has 3 N–H and O–H groups in total. The van der Waals surface area contributed by atoms with E-state index in [1.807, 2.05) is 0 Å². The van der Waals surface area contributed by atoms with Gasteiger partial charge in [-0.25, -0.2) is 4.79 Å². The molecule has 1 atom stereocenters. The molecule has 1 aliphatic heterocycles. The van der Waals surface area contributed by atoms with Gasteiger partial charge in [0.15, 0.2) is 6.10 Å². The maximum Gasteiger partial charge on any atom is 0.339 e. The van der Waals surface area contributed by atoms with Gasteiger partial charge >= 0.3 is 5.97 Å². The van der Waals surface area contributed by atoms with Crippen molar-refractivity contribution >= 4 is 52.3 Å². The average molecular weight is 466 g/mol. The number of carbonyl (C=O) groups excluding carboxylic acids is 5. The molecule has 2 aromatic carbocycles. The van der Waals surface area contributed by atoms with Gasteiger partial charge in [0, 0.05) is 25.2 Å². The van der Waals surface area contributed by atoms with Crippen molar-refractivity contribution in [1.29, 1.82) is 0 Å². The predicted octanol–water partition coefficient (Wildman–Crippen LogP) is 2.91. The summed E-state index contributed by atoms with van der Waals surface area (Å²) in [5, 5.41) is 7.88. The molecule has 4 amide bonds. The van der Waals surface area contributed by atoms with Gasteiger partial charge in [-0.15, -0.1) is 0 Å². The summed E-state index contributed by atoms with van der Waals surface area (Å²) in [6.45, 7) is 7.22. The highest BCUT2D eigenvalue weighted by atomic mass is 16.5. The van der Waals surface area contributed by atoms with Crippen LogP contribution in [0.4, 0.5) is 22.7 Å². The lowest BCUT2D eigenvalue weighted by atomic mass is 9.95. The van der Waals surface area contributed by atoms with Crippen LogP contribution in [0.2, 0.25) is 0 Å². The third-order valence-corrected chi connectivity index (χ3v) is 5.17. The molecule has 2 aromatic rings. The second kappa shape index (κ2) is 9.34. The highest BCUT2D eigenvalue weighted by molar-refractivity contribution is 6.15. The van der Waals surface area contributed by atoms with E-state index in [-0.39, 0.29) is 34.7 Å². The van der Waals surface area contributed by atoms with Crippen molar-refractivity contribution in [2.75, 3.05) is 20.9 Å². The van der Waals surface area contributed by atoms with E-state index in [2.05, 4.69) is 16.0 Å². The molecule has 0 saturated heterocycles. The van der Waals surface area contributed by atoms with E-state index >= 15 is 0 Å². The number of anilines is 4. The molecule has 34 heavy (non-hydrogen) atoms. The van der Waals surface area contributed by atoms with Gasteiger partial charge < -0.3 is 20.7 Å². The topological polar surface area (TPSA) is 134 Å². The van der Waals surface area contributed by atoms with Crippen LogP contribution >= 0.6 is 0 Å². The van der Waals surface area contributed by atoms with Crippen molar-refractivity contribution in [1.82, 2.24) is 0 Å². The molecule has 0 aliphatic carbocycles. The lowest BCUT2D eigenvalue weighted by molar-refractivity contribution is -0.131. The summed E-state index contributed by atoms with van der Waals surface area (Å²) in [5.41, 5.74) is 0.295. The fourth-order valence-corrected chi connectivity index (χ4v) is 3.60. The fourth-order valence-electron chi connectivity index (χ4n) is 3.60. The number of ether oxygens (including phenoxy) is 1. The Morgan fingerprint density at radius 1 is 0.971 bits per heavy atom. The first kappa shape index (κ1) is 24.4. The number of hydrogen-bond donors (Lipinski definition) is 3. The number of nitrogens with zero attached hydrogens (tertiary/aromatic N) is 1. The second-order valence-electron chi connectivity index (χ2n) is 8.41. The van der Waals surface area contributed by atoms with Crippen molar-refractivity contribution < 1.29 is 28.7 Å². The molecule has 10 nitrogen and oxygen atoms in total. The van der Waals surface area contributed by atoms with Crippen LogP contribution in [0.5, 0.6) is 0 Å². The Morgan fingerprint density at radius 2 is 1.53 bits per heavy atom. The Morgan fingerprint density at radius 3 is 2.09 bits per heavy atom. The van der Waals surface area contributed by atoms with Gasteiger partial charge in [-0.3, -0.25) is 24.1 Å². The summed E-state index contributed by atoms with van der Waals surface area (Å²) < 4.78 is 5.43. The number of nitrogens with one attached hydrogen (secondary N) is 3. The van der Waals surface area contributed by atoms with Crippen molar-refractivity contribution in [2.45, 2.75) is 46.3 Å². The number of hydrogen-bond acceptors (Lipinski definition) is 6. The second-order valence-corrected chi connectivity index (χ2v) is 8.41. The van der Waals surface area contributed by atoms with Gasteiger partial charge in [-0.1, -0.05) is 12.1 Å². The molecule has 0 fully saturated rings. The van der Waals surface area contributed by atoms with Crippen LogP contribution in [0.25, 0.3) is 0 Å². The third kappa shape index (κ3) is 5.06. The van der Waals surface area contributed by atoms with Crippen LogP contribution in [0.1, 0.15) is 45.0 Å². The standard InChI is InChI=1S/C24H26N4O6/c1-13(21(31)28-20-9-7-6-8-19(20)27-23(33)24(28,4)5)34-22(32)16-10-17(25-14(2)29)12-18(11-16)26-15(3)30/h6-13H,1-5H3,(H,25,29)(H,26,30)(H,27,33)/t13-/m1/s1. The number of amides is 4. The number of carbonyl (C=O) groups is 5. The van der Waals surface area contributed by atoms with Crippen LogP contribution in [-0.2, 0) is 23.9 Å². The minimum Gasteiger partial charge on any atom is -0.449 e. The van der Waals surface area contributed by atoms with Crippen molar-refractivity contribution in [3.05, 3.63) is 48.0 Å². The minimum absolute atomic E-state index is 0.0192. The molecule has 178 valence electrons. The molecule has 0 aromatic heterocycles.